The normalized spacial score (nSPS) is 15.1. The van der Waals surface area contributed by atoms with Crippen LogP contribution in [0.2, 0.25) is 0 Å². The van der Waals surface area contributed by atoms with Crippen LogP contribution in [0.5, 0.6) is 0 Å². The third-order valence-corrected chi connectivity index (χ3v) is 6.41. The number of fused-ring (bicyclic) bond motifs is 3. The summed E-state index contributed by atoms with van der Waals surface area (Å²) in [7, 11) is 0. The fraction of sp³-hybridized carbons (Fsp3) is 0.259. The van der Waals surface area contributed by atoms with Gasteiger partial charge < -0.3 is 9.67 Å². The van der Waals surface area contributed by atoms with Gasteiger partial charge in [0.15, 0.2) is 0 Å². The van der Waals surface area contributed by atoms with Gasteiger partial charge in [0, 0.05) is 36.3 Å². The zero-order valence-corrected chi connectivity index (χ0v) is 17.8. The molecule has 1 unspecified atom stereocenters. The second-order valence-corrected chi connectivity index (χ2v) is 8.49. The van der Waals surface area contributed by atoms with E-state index in [4.69, 9.17) is 0 Å². The molecule has 1 aliphatic heterocycles. The van der Waals surface area contributed by atoms with Crippen molar-refractivity contribution in [2.45, 2.75) is 31.9 Å². The van der Waals surface area contributed by atoms with E-state index in [9.17, 15) is 13.9 Å². The van der Waals surface area contributed by atoms with E-state index in [1.807, 2.05) is 36.4 Å². The predicted octanol–water partition coefficient (Wildman–Crippen LogP) is 5.78. The van der Waals surface area contributed by atoms with E-state index >= 15 is 0 Å². The second-order valence-electron chi connectivity index (χ2n) is 8.49. The van der Waals surface area contributed by atoms with Crippen molar-refractivity contribution in [2.24, 2.45) is 0 Å². The van der Waals surface area contributed by atoms with Crippen LogP contribution in [0.1, 0.15) is 35.8 Å². The molecule has 32 heavy (non-hydrogen) atoms. The monoisotopic (exact) mass is 432 g/mol. The summed E-state index contributed by atoms with van der Waals surface area (Å²) in [5, 5.41) is 11.4. The van der Waals surface area contributed by atoms with Crippen molar-refractivity contribution in [1.29, 1.82) is 0 Å². The molecule has 1 N–H and O–H groups in total. The lowest BCUT2D eigenvalue weighted by Crippen LogP contribution is -2.32. The molecule has 0 aliphatic carbocycles. The molecule has 0 amide bonds. The van der Waals surface area contributed by atoms with Crippen LogP contribution >= 0.6 is 0 Å². The van der Waals surface area contributed by atoms with Crippen molar-refractivity contribution in [3.8, 4) is 5.69 Å². The van der Waals surface area contributed by atoms with Crippen LogP contribution in [-0.2, 0) is 13.0 Å². The fourth-order valence-corrected chi connectivity index (χ4v) is 4.81. The lowest BCUT2D eigenvalue weighted by molar-refractivity contribution is 0.153. The maximum atomic E-state index is 14.1. The molecule has 0 saturated carbocycles. The van der Waals surface area contributed by atoms with Gasteiger partial charge in [-0.1, -0.05) is 30.3 Å². The van der Waals surface area contributed by atoms with Crippen LogP contribution in [0.25, 0.3) is 16.6 Å². The highest BCUT2D eigenvalue weighted by atomic mass is 19.1. The molecule has 2 heterocycles. The summed E-state index contributed by atoms with van der Waals surface area (Å²) in [4.78, 5) is 2.37. The Hall–Kier alpha value is -3.02. The van der Waals surface area contributed by atoms with Crippen LogP contribution in [0.3, 0.4) is 0 Å². The van der Waals surface area contributed by atoms with Gasteiger partial charge >= 0.3 is 0 Å². The molecule has 3 aromatic carbocycles. The van der Waals surface area contributed by atoms with Gasteiger partial charge in [-0.2, -0.15) is 0 Å². The Morgan fingerprint density at radius 3 is 2.44 bits per heavy atom. The summed E-state index contributed by atoms with van der Waals surface area (Å²) < 4.78 is 29.7. The smallest absolute Gasteiger partial charge is 0.123 e. The van der Waals surface area contributed by atoms with Crippen molar-refractivity contribution in [1.82, 2.24) is 9.47 Å². The molecule has 0 bridgehead atoms. The lowest BCUT2D eigenvalue weighted by Gasteiger charge is -2.28. The van der Waals surface area contributed by atoms with Crippen LogP contribution in [0, 0.1) is 11.6 Å². The number of hydrogen-bond donors (Lipinski definition) is 1. The maximum Gasteiger partial charge on any atom is 0.123 e. The van der Waals surface area contributed by atoms with Gasteiger partial charge in [-0.05, 0) is 73.0 Å². The second kappa shape index (κ2) is 8.85. The first-order valence-electron chi connectivity index (χ1n) is 11.1. The number of aromatic nitrogens is 1. The largest absolute Gasteiger partial charge is 0.388 e. The van der Waals surface area contributed by atoms with Crippen molar-refractivity contribution in [3.05, 3.63) is 101 Å². The average Bonchev–Trinajstić information content (AvgIpc) is 3.13. The molecule has 164 valence electrons. The summed E-state index contributed by atoms with van der Waals surface area (Å²) >= 11 is 0. The van der Waals surface area contributed by atoms with Gasteiger partial charge in [0.1, 0.15) is 11.6 Å². The van der Waals surface area contributed by atoms with E-state index in [2.05, 4.69) is 9.47 Å². The Balaban J connectivity index is 1.37. The van der Waals surface area contributed by atoms with Gasteiger partial charge in [0.2, 0.25) is 0 Å². The number of nitrogens with zero attached hydrogens (tertiary/aromatic N) is 2. The van der Waals surface area contributed by atoms with Gasteiger partial charge in [-0.25, -0.2) is 8.78 Å². The molecule has 0 radical (unpaired) electrons. The molecule has 0 saturated heterocycles. The summed E-state index contributed by atoms with van der Waals surface area (Å²) in [6, 6.07) is 21.1. The van der Waals surface area contributed by atoms with Gasteiger partial charge in [0.05, 0.1) is 11.6 Å². The molecule has 1 atom stereocenters. The molecule has 3 nitrogen and oxygen atoms in total. The Labute approximate surface area is 186 Å². The van der Waals surface area contributed by atoms with Gasteiger partial charge in [0.25, 0.3) is 0 Å². The Kier molecular flexibility index (Phi) is 5.77. The third-order valence-electron chi connectivity index (χ3n) is 6.41. The van der Waals surface area contributed by atoms with E-state index in [-0.39, 0.29) is 11.6 Å². The number of hydrogen-bond acceptors (Lipinski definition) is 2. The molecular weight excluding hydrogens is 406 g/mol. The minimum absolute atomic E-state index is 0.250. The van der Waals surface area contributed by atoms with Crippen LogP contribution in [0.15, 0.2) is 72.8 Å². The first-order chi connectivity index (χ1) is 15.6. The average molecular weight is 433 g/mol. The van der Waals surface area contributed by atoms with Gasteiger partial charge in [-0.3, -0.25) is 4.90 Å². The number of benzene rings is 3. The van der Waals surface area contributed by atoms with Crippen molar-refractivity contribution < 1.29 is 13.9 Å². The number of aliphatic hydroxyl groups excluding tert-OH is 1. The van der Waals surface area contributed by atoms with Crippen molar-refractivity contribution in [2.75, 3.05) is 13.1 Å². The Morgan fingerprint density at radius 1 is 0.906 bits per heavy atom. The zero-order valence-electron chi connectivity index (χ0n) is 17.8. The highest BCUT2D eigenvalue weighted by molar-refractivity contribution is 5.87. The fourth-order valence-electron chi connectivity index (χ4n) is 4.81. The predicted molar refractivity (Wildman–Crippen MR) is 123 cm³/mol. The molecule has 5 rings (SSSR count). The number of aliphatic hydroxyl groups is 1. The first-order valence-corrected chi connectivity index (χ1v) is 11.1. The lowest BCUT2D eigenvalue weighted by atomic mass is 10.0. The minimum Gasteiger partial charge on any atom is -0.388 e. The third kappa shape index (κ3) is 4.06. The van der Waals surface area contributed by atoms with Crippen LogP contribution < -0.4 is 0 Å². The number of rotatable bonds is 6. The SMILES string of the molecule is OC(CCCN1CCc2c(c3cc(F)ccc3n2-c2ccc(F)cc2)C1)c1ccccc1. The van der Waals surface area contributed by atoms with Gasteiger partial charge in [-0.15, -0.1) is 0 Å². The molecular formula is C27H26F2N2O. The summed E-state index contributed by atoms with van der Waals surface area (Å²) in [6.45, 7) is 2.52. The van der Waals surface area contributed by atoms with Crippen molar-refractivity contribution in [3.63, 3.8) is 0 Å². The summed E-state index contributed by atoms with van der Waals surface area (Å²) in [6.07, 6.45) is 1.98. The van der Waals surface area contributed by atoms with Crippen LogP contribution in [0.4, 0.5) is 8.78 Å². The zero-order chi connectivity index (χ0) is 22.1. The molecule has 1 aliphatic rings. The molecule has 0 fully saturated rings. The van der Waals surface area contributed by atoms with E-state index in [1.165, 1.54) is 18.2 Å². The van der Waals surface area contributed by atoms with Crippen LogP contribution in [-0.4, -0.2) is 27.7 Å². The quantitative estimate of drug-likeness (QED) is 0.418. The first kappa shape index (κ1) is 20.9. The summed E-state index contributed by atoms with van der Waals surface area (Å²) in [5.41, 5.74) is 5.09. The molecule has 1 aromatic heterocycles. The van der Waals surface area contributed by atoms with E-state index in [0.29, 0.717) is 6.42 Å². The molecule has 5 heteroatoms. The highest BCUT2D eigenvalue weighted by Crippen LogP contribution is 2.34. The molecule has 0 spiro atoms. The highest BCUT2D eigenvalue weighted by Gasteiger charge is 2.25. The Morgan fingerprint density at radius 2 is 1.66 bits per heavy atom. The topological polar surface area (TPSA) is 28.4 Å². The van der Waals surface area contributed by atoms with E-state index in [0.717, 1.165) is 65.9 Å². The maximum absolute atomic E-state index is 14.1. The molecule has 4 aromatic rings. The standard InChI is InChI=1S/C27H26F2N2O/c28-20-8-11-22(12-9-20)31-25-13-10-21(29)17-23(25)24-18-30(16-14-26(24)31)15-4-7-27(32)19-5-2-1-3-6-19/h1-3,5-6,8-13,17,27,32H,4,7,14-16,18H2. The Bertz CT molecular complexity index is 1220. The van der Waals surface area contributed by atoms with Crippen molar-refractivity contribution >= 4 is 10.9 Å². The van der Waals surface area contributed by atoms with E-state index in [1.54, 1.807) is 18.2 Å². The van der Waals surface area contributed by atoms with E-state index < -0.39 is 6.10 Å². The minimum atomic E-state index is -0.453. The summed E-state index contributed by atoms with van der Waals surface area (Å²) in [5.74, 6) is -0.520. The number of halogens is 2.